The van der Waals surface area contributed by atoms with Crippen LogP contribution in [0.5, 0.6) is 5.75 Å². The van der Waals surface area contributed by atoms with Gasteiger partial charge in [0.2, 0.25) is 0 Å². The molecule has 5 heteroatoms. The third kappa shape index (κ3) is 3.77. The molecule has 0 bridgehead atoms. The van der Waals surface area contributed by atoms with Crippen molar-refractivity contribution in [2.45, 2.75) is 19.6 Å². The van der Waals surface area contributed by atoms with E-state index >= 15 is 0 Å². The molecule has 0 saturated heterocycles. The predicted molar refractivity (Wildman–Crippen MR) is 114 cm³/mol. The maximum Gasteiger partial charge on any atom is 0.274 e. The lowest BCUT2D eigenvalue weighted by atomic mass is 10.0. The average Bonchev–Trinajstić information content (AvgIpc) is 2.76. The van der Waals surface area contributed by atoms with Crippen LogP contribution in [-0.4, -0.2) is 22.0 Å². The Labute approximate surface area is 168 Å². The number of aryl methyl sites for hydroxylation is 1. The van der Waals surface area contributed by atoms with Gasteiger partial charge >= 0.3 is 0 Å². The standard InChI is InChI=1S/C24H22N2O3/c1-16-7-9-17(10-8-16)22(27)15-26-24(28)21-6-4-3-5-20(21)23(25-26)18-11-13-19(29-2)14-12-18/h3-14,22,27H,15H2,1-2H3/t22-/m0/s1. The monoisotopic (exact) mass is 386 g/mol. The maximum absolute atomic E-state index is 13.0. The van der Waals surface area contributed by atoms with Gasteiger partial charge in [-0.1, -0.05) is 48.0 Å². The Morgan fingerprint density at radius 3 is 2.28 bits per heavy atom. The molecular formula is C24H22N2O3. The van der Waals surface area contributed by atoms with Crippen molar-refractivity contribution in [2.24, 2.45) is 0 Å². The van der Waals surface area contributed by atoms with Crippen LogP contribution in [-0.2, 0) is 6.54 Å². The average molecular weight is 386 g/mol. The number of aliphatic hydroxyl groups is 1. The second kappa shape index (κ2) is 7.89. The molecule has 0 aliphatic rings. The van der Waals surface area contributed by atoms with Crippen molar-refractivity contribution in [3.8, 4) is 17.0 Å². The minimum absolute atomic E-state index is 0.0792. The number of hydrogen-bond acceptors (Lipinski definition) is 4. The van der Waals surface area contributed by atoms with Crippen LogP contribution in [0.4, 0.5) is 0 Å². The molecule has 146 valence electrons. The van der Waals surface area contributed by atoms with Crippen LogP contribution >= 0.6 is 0 Å². The van der Waals surface area contributed by atoms with Crippen molar-refractivity contribution in [1.82, 2.24) is 9.78 Å². The SMILES string of the molecule is COc1ccc(-c2nn(C[C@H](O)c3ccc(C)cc3)c(=O)c3ccccc23)cc1. The summed E-state index contributed by atoms with van der Waals surface area (Å²) < 4.78 is 6.59. The number of benzene rings is 3. The Bertz CT molecular complexity index is 1200. The highest BCUT2D eigenvalue weighted by atomic mass is 16.5. The van der Waals surface area contributed by atoms with Gasteiger partial charge in [0.25, 0.3) is 5.56 Å². The van der Waals surface area contributed by atoms with Crippen molar-refractivity contribution in [3.05, 3.63) is 94.3 Å². The molecule has 4 rings (SSSR count). The lowest BCUT2D eigenvalue weighted by Gasteiger charge is -2.15. The smallest absolute Gasteiger partial charge is 0.274 e. The summed E-state index contributed by atoms with van der Waals surface area (Å²) in [5, 5.41) is 16.6. The topological polar surface area (TPSA) is 64.3 Å². The molecular weight excluding hydrogens is 364 g/mol. The van der Waals surface area contributed by atoms with Crippen molar-refractivity contribution in [2.75, 3.05) is 7.11 Å². The molecule has 4 aromatic rings. The highest BCUT2D eigenvalue weighted by Crippen LogP contribution is 2.27. The molecule has 0 unspecified atom stereocenters. The van der Waals surface area contributed by atoms with Gasteiger partial charge < -0.3 is 9.84 Å². The van der Waals surface area contributed by atoms with Crippen LogP contribution in [0.2, 0.25) is 0 Å². The largest absolute Gasteiger partial charge is 0.497 e. The molecule has 1 aromatic heterocycles. The second-order valence-corrected chi connectivity index (χ2v) is 7.04. The number of fused-ring (bicyclic) bond motifs is 1. The lowest BCUT2D eigenvalue weighted by Crippen LogP contribution is -2.26. The van der Waals surface area contributed by atoms with Gasteiger partial charge in [0.1, 0.15) is 5.75 Å². The molecule has 0 fully saturated rings. The summed E-state index contributed by atoms with van der Waals surface area (Å²) in [7, 11) is 1.62. The van der Waals surface area contributed by atoms with Gasteiger partial charge in [-0.05, 0) is 42.8 Å². The van der Waals surface area contributed by atoms with Crippen molar-refractivity contribution < 1.29 is 9.84 Å². The highest BCUT2D eigenvalue weighted by Gasteiger charge is 2.15. The number of ether oxygens (including phenoxy) is 1. The van der Waals surface area contributed by atoms with Crippen molar-refractivity contribution in [3.63, 3.8) is 0 Å². The summed E-state index contributed by atoms with van der Waals surface area (Å²) in [6, 6.07) is 22.6. The van der Waals surface area contributed by atoms with Gasteiger partial charge in [-0.25, -0.2) is 4.68 Å². The molecule has 0 amide bonds. The highest BCUT2D eigenvalue weighted by molar-refractivity contribution is 5.93. The zero-order chi connectivity index (χ0) is 20.4. The van der Waals surface area contributed by atoms with Gasteiger partial charge in [0.15, 0.2) is 0 Å². The molecule has 1 N–H and O–H groups in total. The summed E-state index contributed by atoms with van der Waals surface area (Å²) >= 11 is 0. The first-order valence-electron chi connectivity index (χ1n) is 9.46. The van der Waals surface area contributed by atoms with E-state index in [1.807, 2.05) is 73.7 Å². The summed E-state index contributed by atoms with van der Waals surface area (Å²) in [6.45, 7) is 2.07. The van der Waals surface area contributed by atoms with Crippen LogP contribution in [0.25, 0.3) is 22.0 Å². The number of aliphatic hydroxyl groups excluding tert-OH is 1. The predicted octanol–water partition coefficient (Wildman–Crippen LogP) is 4.11. The Kier molecular flexibility index (Phi) is 5.14. The second-order valence-electron chi connectivity index (χ2n) is 7.04. The molecule has 29 heavy (non-hydrogen) atoms. The zero-order valence-corrected chi connectivity index (χ0v) is 16.4. The molecule has 0 aliphatic carbocycles. The van der Waals surface area contributed by atoms with E-state index < -0.39 is 6.10 Å². The number of nitrogens with zero attached hydrogens (tertiary/aromatic N) is 2. The first-order valence-corrected chi connectivity index (χ1v) is 9.46. The Morgan fingerprint density at radius 2 is 1.62 bits per heavy atom. The van der Waals surface area contributed by atoms with Gasteiger partial charge in [-0.15, -0.1) is 0 Å². The minimum atomic E-state index is -0.828. The van der Waals surface area contributed by atoms with Gasteiger partial charge in [0.05, 0.1) is 30.8 Å². The fourth-order valence-electron chi connectivity index (χ4n) is 3.38. The molecule has 3 aromatic carbocycles. The molecule has 1 heterocycles. The molecule has 1 atom stereocenters. The first-order chi connectivity index (χ1) is 14.1. The quantitative estimate of drug-likeness (QED) is 0.561. The molecule has 0 spiro atoms. The third-order valence-corrected chi connectivity index (χ3v) is 5.04. The van der Waals surface area contributed by atoms with Crippen molar-refractivity contribution >= 4 is 10.8 Å². The first kappa shape index (κ1) is 18.9. The summed E-state index contributed by atoms with van der Waals surface area (Å²) in [6.07, 6.45) is -0.828. The third-order valence-electron chi connectivity index (χ3n) is 5.04. The molecule has 0 radical (unpaired) electrons. The van der Waals surface area contributed by atoms with E-state index in [0.717, 1.165) is 27.8 Å². The van der Waals surface area contributed by atoms with E-state index in [4.69, 9.17) is 4.74 Å². The lowest BCUT2D eigenvalue weighted by molar-refractivity contribution is 0.150. The number of hydrogen-bond donors (Lipinski definition) is 1. The van der Waals surface area contributed by atoms with Crippen LogP contribution in [0.1, 0.15) is 17.2 Å². The van der Waals surface area contributed by atoms with Crippen LogP contribution in [0.15, 0.2) is 77.6 Å². The Morgan fingerprint density at radius 1 is 0.966 bits per heavy atom. The number of methoxy groups -OCH3 is 1. The van der Waals surface area contributed by atoms with Crippen LogP contribution in [0.3, 0.4) is 0 Å². The Balaban J connectivity index is 1.80. The van der Waals surface area contributed by atoms with Gasteiger partial charge in [0, 0.05) is 10.9 Å². The fourth-order valence-corrected chi connectivity index (χ4v) is 3.38. The minimum Gasteiger partial charge on any atom is -0.497 e. The Hall–Kier alpha value is -3.44. The van der Waals surface area contributed by atoms with E-state index in [9.17, 15) is 9.90 Å². The fraction of sp³-hybridized carbons (Fsp3) is 0.167. The maximum atomic E-state index is 13.0. The molecule has 0 aliphatic heterocycles. The summed E-state index contributed by atoms with van der Waals surface area (Å²) in [5.41, 5.74) is 3.22. The van der Waals surface area contributed by atoms with Crippen molar-refractivity contribution in [1.29, 1.82) is 0 Å². The molecule has 0 saturated carbocycles. The number of rotatable bonds is 5. The number of aromatic nitrogens is 2. The van der Waals surface area contributed by atoms with Crippen LogP contribution < -0.4 is 10.3 Å². The van der Waals surface area contributed by atoms with E-state index in [1.165, 1.54) is 4.68 Å². The zero-order valence-electron chi connectivity index (χ0n) is 16.4. The van der Waals surface area contributed by atoms with Gasteiger partial charge in [-0.2, -0.15) is 5.10 Å². The normalized spacial score (nSPS) is 12.1. The van der Waals surface area contributed by atoms with E-state index in [2.05, 4.69) is 5.10 Å². The summed E-state index contributed by atoms with van der Waals surface area (Å²) in [4.78, 5) is 13.0. The van der Waals surface area contributed by atoms with E-state index in [-0.39, 0.29) is 12.1 Å². The molecule has 5 nitrogen and oxygen atoms in total. The van der Waals surface area contributed by atoms with Crippen LogP contribution in [0, 0.1) is 6.92 Å². The summed E-state index contributed by atoms with van der Waals surface area (Å²) in [5.74, 6) is 0.751. The van der Waals surface area contributed by atoms with E-state index in [1.54, 1.807) is 13.2 Å². The van der Waals surface area contributed by atoms with E-state index in [0.29, 0.717) is 11.1 Å². The van der Waals surface area contributed by atoms with Gasteiger partial charge in [-0.3, -0.25) is 4.79 Å².